The van der Waals surface area contributed by atoms with Crippen molar-refractivity contribution in [3.8, 4) is 0 Å². The Hall–Kier alpha value is 0.587. The number of carbonyl (C=O) groups is 1. The van der Waals surface area contributed by atoms with Crippen LogP contribution in [0.25, 0.3) is 5.73 Å². The fourth-order valence-corrected chi connectivity index (χ4v) is 0. The monoisotopic (exact) mass is 269 g/mol. The molecule has 1 N–H and O–H groups in total. The van der Waals surface area contributed by atoms with Crippen molar-refractivity contribution in [3.05, 3.63) is 40.2 Å². The summed E-state index contributed by atoms with van der Waals surface area (Å²) in [6, 6.07) is 0. The maximum atomic E-state index is 9.71. The Kier molecular flexibility index (Phi) is 50.8. The second-order valence-electron chi connectivity index (χ2n) is 1.11. The molecule has 0 rings (SSSR count). The molecular formula is C7H15CeNO. The molecule has 0 aromatic carbocycles. The van der Waals surface area contributed by atoms with Gasteiger partial charge in [0, 0.05) is 0 Å². The van der Waals surface area contributed by atoms with Crippen LogP contribution in [-0.2, 0) is 4.79 Å². The molecule has 0 bridgehead atoms. The van der Waals surface area contributed by atoms with Gasteiger partial charge in [-0.15, -0.1) is 0 Å². The molecule has 0 aliphatic rings. The van der Waals surface area contributed by atoms with Crippen molar-refractivity contribution in [3.63, 3.8) is 0 Å². The van der Waals surface area contributed by atoms with Gasteiger partial charge in [0.25, 0.3) is 0 Å². The van der Waals surface area contributed by atoms with Gasteiger partial charge in [0.2, 0.25) is 0 Å². The Morgan fingerprint density at radius 1 is 1.30 bits per heavy atom. The summed E-state index contributed by atoms with van der Waals surface area (Å²) in [4.78, 5) is 9.71. The van der Waals surface area contributed by atoms with E-state index in [1.807, 2.05) is 0 Å². The molecule has 0 saturated heterocycles. The maximum Gasteiger partial charge on any atom is 4.00 e. The van der Waals surface area contributed by atoms with E-state index in [9.17, 15) is 4.79 Å². The fourth-order valence-electron chi connectivity index (χ4n) is 0. The number of nitrogens with one attached hydrogen (secondary N) is 1. The van der Waals surface area contributed by atoms with Gasteiger partial charge in [0.1, 0.15) is 0 Å². The fraction of sp³-hybridized carbons (Fsp3) is 0.143. The summed E-state index contributed by atoms with van der Waals surface area (Å²) < 4.78 is 0. The van der Waals surface area contributed by atoms with Crippen LogP contribution >= 0.6 is 0 Å². The standard InChI is InChI=1S/C4H7NO.3CH3.Ce/c1-3(2)4(5)6;;;;/h1H2,2H3,(H2,5,6);3*1H3;/q;3*-1;+4/p-1. The summed E-state index contributed by atoms with van der Waals surface area (Å²) in [5.41, 5.74) is 6.58. The summed E-state index contributed by atoms with van der Waals surface area (Å²) in [5, 5.41) is 0. The Labute approximate surface area is 98.6 Å². The predicted octanol–water partition coefficient (Wildman–Crippen LogP) is 2.49. The summed E-state index contributed by atoms with van der Waals surface area (Å²) >= 11 is 0. The van der Waals surface area contributed by atoms with E-state index in [1.165, 1.54) is 6.92 Å². The molecule has 0 fully saturated rings. The van der Waals surface area contributed by atoms with Crippen LogP contribution in [0.3, 0.4) is 0 Å². The summed E-state index contributed by atoms with van der Waals surface area (Å²) in [7, 11) is 0. The van der Waals surface area contributed by atoms with Crippen molar-refractivity contribution < 1.29 is 46.5 Å². The first-order valence-corrected chi connectivity index (χ1v) is 1.56. The molecule has 3 heteroatoms. The van der Waals surface area contributed by atoms with Crippen LogP contribution in [-0.4, -0.2) is 5.91 Å². The van der Waals surface area contributed by atoms with E-state index < -0.39 is 5.91 Å². The van der Waals surface area contributed by atoms with Crippen LogP contribution in [0.4, 0.5) is 0 Å². The number of carbonyl (C=O) groups excluding carboxylic acids is 1. The first kappa shape index (κ1) is 31.2. The molecule has 0 spiro atoms. The Morgan fingerprint density at radius 2 is 1.40 bits per heavy atom. The van der Waals surface area contributed by atoms with Crippen molar-refractivity contribution in [2.24, 2.45) is 0 Å². The van der Waals surface area contributed by atoms with E-state index >= 15 is 0 Å². The number of amides is 1. The molecule has 1 amide bonds. The zero-order chi connectivity index (χ0) is 5.15. The van der Waals surface area contributed by atoms with Crippen LogP contribution < -0.4 is 0 Å². The molecule has 10 heavy (non-hydrogen) atoms. The van der Waals surface area contributed by atoms with Crippen molar-refractivity contribution in [1.82, 2.24) is 0 Å². The minimum absolute atomic E-state index is 0. The SMILES string of the molecule is C=C(C)C([NH-])=O.[CH3-].[CH3-].[CH3-].[Ce+4]. The van der Waals surface area contributed by atoms with Gasteiger partial charge in [-0.3, -0.25) is 0 Å². The molecule has 0 atom stereocenters. The molecule has 0 aliphatic carbocycles. The molecule has 0 aliphatic heterocycles. The average Bonchev–Trinajstić information content (AvgIpc) is 1.36. The maximum absolute atomic E-state index is 9.71. The quantitative estimate of drug-likeness (QED) is 0.532. The van der Waals surface area contributed by atoms with Crippen LogP contribution in [0.1, 0.15) is 6.92 Å². The van der Waals surface area contributed by atoms with Gasteiger partial charge < -0.3 is 32.8 Å². The molecule has 0 radical (unpaired) electrons. The van der Waals surface area contributed by atoms with Crippen molar-refractivity contribution in [2.45, 2.75) is 6.92 Å². The molecule has 0 aromatic rings. The van der Waals surface area contributed by atoms with Gasteiger partial charge in [-0.2, -0.15) is 0 Å². The third kappa shape index (κ3) is 23.5. The van der Waals surface area contributed by atoms with Crippen molar-refractivity contribution in [1.29, 1.82) is 0 Å². The van der Waals surface area contributed by atoms with Crippen LogP contribution in [0.5, 0.6) is 0 Å². The largest absolute Gasteiger partial charge is 4.00 e. The number of hydrogen-bond acceptors (Lipinski definition) is 1. The molecule has 0 aromatic heterocycles. The molecule has 58 valence electrons. The van der Waals surface area contributed by atoms with Gasteiger partial charge in [0.15, 0.2) is 0 Å². The van der Waals surface area contributed by atoms with Gasteiger partial charge >= 0.3 is 41.7 Å². The summed E-state index contributed by atoms with van der Waals surface area (Å²) in [6.07, 6.45) is 0. The minimum atomic E-state index is -0.685. The Bertz CT molecular complexity index is 79.6. The summed E-state index contributed by atoms with van der Waals surface area (Å²) in [6.45, 7) is 4.73. The summed E-state index contributed by atoms with van der Waals surface area (Å²) in [5.74, 6) is -0.685. The first-order valence-electron chi connectivity index (χ1n) is 1.56. The molecule has 0 heterocycles. The average molecular weight is 269 g/mol. The normalized spacial score (nSPS) is 4.50. The van der Waals surface area contributed by atoms with Crippen LogP contribution in [0.2, 0.25) is 0 Å². The first-order chi connectivity index (χ1) is 2.64. The van der Waals surface area contributed by atoms with Crippen LogP contribution in [0, 0.1) is 64.0 Å². The Morgan fingerprint density at radius 3 is 1.40 bits per heavy atom. The van der Waals surface area contributed by atoms with Gasteiger partial charge in [0.05, 0.1) is 5.91 Å². The zero-order valence-corrected chi connectivity index (χ0v) is 10.3. The van der Waals surface area contributed by atoms with Gasteiger partial charge in [-0.1, -0.05) is 6.58 Å². The van der Waals surface area contributed by atoms with Gasteiger partial charge in [-0.05, 0) is 12.5 Å². The van der Waals surface area contributed by atoms with Crippen molar-refractivity contribution >= 4 is 5.91 Å². The van der Waals surface area contributed by atoms with Crippen LogP contribution in [0.15, 0.2) is 12.2 Å². The molecule has 2 nitrogen and oxygen atoms in total. The predicted molar refractivity (Wildman–Crippen MR) is 43.4 cm³/mol. The smallest absolute Gasteiger partial charge is 0.664 e. The van der Waals surface area contributed by atoms with E-state index in [4.69, 9.17) is 5.73 Å². The van der Waals surface area contributed by atoms with Gasteiger partial charge in [-0.25, -0.2) is 0 Å². The molecule has 0 saturated carbocycles. The topological polar surface area (TPSA) is 40.9 Å². The molecule has 0 unspecified atom stereocenters. The Balaban J connectivity index is -0.0000000208. The van der Waals surface area contributed by atoms with Crippen molar-refractivity contribution in [2.75, 3.05) is 0 Å². The van der Waals surface area contributed by atoms with E-state index in [0.29, 0.717) is 0 Å². The number of hydrogen-bond donors (Lipinski definition) is 0. The third-order valence-electron chi connectivity index (χ3n) is 0.388. The zero-order valence-electron chi connectivity index (χ0n) is 7.12. The van der Waals surface area contributed by atoms with E-state index in [2.05, 4.69) is 6.58 Å². The third-order valence-corrected chi connectivity index (χ3v) is 0.388. The van der Waals surface area contributed by atoms with E-state index in [0.717, 1.165) is 0 Å². The number of rotatable bonds is 1. The van der Waals surface area contributed by atoms with E-state index in [1.54, 1.807) is 0 Å². The second kappa shape index (κ2) is 16.3. The second-order valence-corrected chi connectivity index (χ2v) is 1.11. The van der Waals surface area contributed by atoms with E-state index in [-0.39, 0.29) is 69.6 Å². The molecular weight excluding hydrogens is 254 g/mol. The minimum Gasteiger partial charge on any atom is -0.664 e.